The molecule has 0 aromatic heterocycles. The van der Waals surface area contributed by atoms with Crippen molar-refractivity contribution < 1.29 is 9.90 Å². The van der Waals surface area contributed by atoms with Crippen molar-refractivity contribution in [1.29, 1.82) is 0 Å². The average molecular weight is 378 g/mol. The quantitative estimate of drug-likeness (QED) is 0.367. The number of aliphatic carboxylic acids is 1. The summed E-state index contributed by atoms with van der Waals surface area (Å²) in [5.74, 6) is -0.833. The normalized spacial score (nSPS) is 10.2. The Kier molecular flexibility index (Phi) is 20.7. The first-order valence-electron chi connectivity index (χ1n) is 7.99. The van der Waals surface area contributed by atoms with Crippen LogP contribution in [-0.2, 0) is 4.79 Å². The van der Waals surface area contributed by atoms with Crippen molar-refractivity contribution in [2.24, 2.45) is 0 Å². The van der Waals surface area contributed by atoms with E-state index >= 15 is 0 Å². The van der Waals surface area contributed by atoms with Gasteiger partial charge in [-0.25, -0.2) is 0 Å². The molecule has 1 N–H and O–H groups in total. The van der Waals surface area contributed by atoms with Gasteiger partial charge in [0.1, 0.15) is 0 Å². The van der Waals surface area contributed by atoms with E-state index < -0.39 is 25.7 Å². The number of rotatable bonds is 11. The Labute approximate surface area is 128 Å². The van der Waals surface area contributed by atoms with Crippen LogP contribution in [0.15, 0.2) is 0 Å². The summed E-state index contributed by atoms with van der Waals surface area (Å²) in [6.07, 6.45) is 14.8. The van der Waals surface area contributed by atoms with Crippen LogP contribution in [0.25, 0.3) is 0 Å². The predicted molar refractivity (Wildman–Crippen MR) is 87.4 cm³/mol. The Morgan fingerprint density at radius 2 is 1.16 bits per heavy atom. The van der Waals surface area contributed by atoms with Crippen molar-refractivity contribution in [2.45, 2.75) is 92.4 Å². The molecule has 0 bridgehead atoms. The van der Waals surface area contributed by atoms with Crippen LogP contribution in [0.1, 0.15) is 78.1 Å². The monoisotopic (exact) mass is 379 g/mol. The van der Waals surface area contributed by atoms with Crippen molar-refractivity contribution in [3.63, 3.8) is 0 Å². The molecule has 0 heterocycles. The fourth-order valence-corrected chi connectivity index (χ4v) is 4.70. The van der Waals surface area contributed by atoms with Gasteiger partial charge in [0.15, 0.2) is 0 Å². The number of unbranched alkanes of at least 4 members (excludes halogenated alkanes) is 9. The first-order valence-corrected chi connectivity index (χ1v) is 15.7. The molecule has 0 aliphatic rings. The minimum atomic E-state index is -0.833. The van der Waals surface area contributed by atoms with E-state index in [1.165, 1.54) is 64.2 Å². The number of carboxylic acid groups (broad SMARTS) is 1. The number of carbonyl (C=O) groups is 1. The second kappa shape index (κ2) is 18.3. The average Bonchev–Trinajstić information content (AvgIpc) is 2.30. The number of hydrogen-bond acceptors (Lipinski definition) is 1. The topological polar surface area (TPSA) is 37.3 Å². The van der Waals surface area contributed by atoms with Gasteiger partial charge >= 0.3 is 105 Å². The molecule has 19 heavy (non-hydrogen) atoms. The summed E-state index contributed by atoms with van der Waals surface area (Å²) in [7, 11) is 0. The van der Waals surface area contributed by atoms with E-state index in [2.05, 4.69) is 16.8 Å². The first-order chi connectivity index (χ1) is 9.00. The molecule has 0 aliphatic carbocycles. The Hall–Kier alpha value is 0.269. The summed E-state index contributed by atoms with van der Waals surface area (Å²) >= 11 is -0.727. The third-order valence-corrected chi connectivity index (χ3v) is 6.89. The van der Waals surface area contributed by atoms with Crippen LogP contribution < -0.4 is 0 Å². The molecule has 0 aromatic carbocycles. The molecule has 2 nitrogen and oxygen atoms in total. The third kappa shape index (κ3) is 32.1. The van der Waals surface area contributed by atoms with Gasteiger partial charge in [-0.05, 0) is 0 Å². The van der Waals surface area contributed by atoms with Gasteiger partial charge in [-0.3, -0.25) is 4.79 Å². The second-order valence-corrected chi connectivity index (χ2v) is 14.0. The van der Waals surface area contributed by atoms with E-state index in [4.69, 9.17) is 9.90 Å². The first kappa shape index (κ1) is 21.6. The van der Waals surface area contributed by atoms with E-state index in [1.807, 2.05) is 0 Å². The molecular formula is C16H35O2Sn. The summed E-state index contributed by atoms with van der Waals surface area (Å²) in [4.78, 5) is 14.0. The van der Waals surface area contributed by atoms with Gasteiger partial charge < -0.3 is 5.11 Å². The van der Waals surface area contributed by atoms with Gasteiger partial charge in [0.2, 0.25) is 0 Å². The van der Waals surface area contributed by atoms with E-state index in [9.17, 15) is 0 Å². The summed E-state index contributed by atoms with van der Waals surface area (Å²) in [5.41, 5.74) is 0. The van der Waals surface area contributed by atoms with Gasteiger partial charge in [0, 0.05) is 6.92 Å². The van der Waals surface area contributed by atoms with Gasteiger partial charge in [-0.15, -0.1) is 0 Å². The maximum atomic E-state index is 9.00. The summed E-state index contributed by atoms with van der Waals surface area (Å²) in [5, 5.41) is 7.42. The molecule has 0 saturated carbocycles. The fourth-order valence-electron chi connectivity index (χ4n) is 1.97. The van der Waals surface area contributed by atoms with Crippen molar-refractivity contribution in [1.82, 2.24) is 0 Å². The Morgan fingerprint density at radius 1 is 0.842 bits per heavy atom. The molecule has 0 saturated heterocycles. The van der Waals surface area contributed by atoms with Crippen LogP contribution in [0.3, 0.4) is 0 Å². The molecule has 0 unspecified atom stereocenters. The molecule has 0 aromatic rings. The SMILES string of the molecule is CC(=O)O.CCCCCCCCCCC[CH2][Sn]([CH3])[CH3]. The standard InChI is InChI=1S/C12H25.C2H4O2.2CH3.Sn/c1-3-5-7-9-11-12-10-8-6-4-2;1-2(3)4;;;/h1,3-12H2,2H3;1H3,(H,3,4);2*1H3;. The molecule has 115 valence electrons. The van der Waals surface area contributed by atoms with Gasteiger partial charge in [0.25, 0.3) is 5.97 Å². The van der Waals surface area contributed by atoms with Crippen molar-refractivity contribution in [3.05, 3.63) is 0 Å². The van der Waals surface area contributed by atoms with Crippen LogP contribution in [-0.4, -0.2) is 30.8 Å². The van der Waals surface area contributed by atoms with E-state index in [-0.39, 0.29) is 0 Å². The van der Waals surface area contributed by atoms with Crippen LogP contribution in [0.5, 0.6) is 0 Å². The second-order valence-electron chi connectivity index (χ2n) is 5.66. The van der Waals surface area contributed by atoms with Gasteiger partial charge in [-0.1, -0.05) is 0 Å². The van der Waals surface area contributed by atoms with Crippen molar-refractivity contribution >= 4 is 25.7 Å². The van der Waals surface area contributed by atoms with Crippen molar-refractivity contribution in [3.8, 4) is 0 Å². The van der Waals surface area contributed by atoms with E-state index in [1.54, 1.807) is 4.44 Å². The summed E-state index contributed by atoms with van der Waals surface area (Å²) in [6.45, 7) is 3.37. The molecule has 0 atom stereocenters. The van der Waals surface area contributed by atoms with Crippen LogP contribution in [0.2, 0.25) is 14.3 Å². The Bertz CT molecular complexity index is 178. The summed E-state index contributed by atoms with van der Waals surface area (Å²) < 4.78 is 1.62. The Morgan fingerprint density at radius 3 is 1.47 bits per heavy atom. The number of carboxylic acids is 1. The molecular weight excluding hydrogens is 343 g/mol. The molecule has 3 heteroatoms. The molecule has 0 aliphatic heterocycles. The molecule has 0 amide bonds. The minimum absolute atomic E-state index is 0.727. The third-order valence-electron chi connectivity index (χ3n) is 3.03. The van der Waals surface area contributed by atoms with Crippen LogP contribution >= 0.6 is 0 Å². The summed E-state index contributed by atoms with van der Waals surface area (Å²) in [6, 6.07) is 0. The predicted octanol–water partition coefficient (Wildman–Crippen LogP) is 5.75. The van der Waals surface area contributed by atoms with Crippen LogP contribution in [0.4, 0.5) is 0 Å². The molecule has 0 rings (SSSR count). The fraction of sp³-hybridized carbons (Fsp3) is 0.938. The maximum absolute atomic E-state index is 9.00. The van der Waals surface area contributed by atoms with Crippen molar-refractivity contribution in [2.75, 3.05) is 0 Å². The van der Waals surface area contributed by atoms with E-state index in [0.717, 1.165) is 6.92 Å². The van der Waals surface area contributed by atoms with Crippen LogP contribution in [0, 0.1) is 0 Å². The zero-order valence-electron chi connectivity index (χ0n) is 13.6. The molecule has 1 radical (unpaired) electrons. The Balaban J connectivity index is 0. The van der Waals surface area contributed by atoms with Gasteiger partial charge in [0.05, 0.1) is 0 Å². The molecule has 0 fully saturated rings. The zero-order chi connectivity index (χ0) is 14.9. The zero-order valence-corrected chi connectivity index (χ0v) is 16.5. The number of hydrogen-bond donors (Lipinski definition) is 1. The van der Waals surface area contributed by atoms with E-state index in [0.29, 0.717) is 0 Å². The van der Waals surface area contributed by atoms with Gasteiger partial charge in [-0.2, -0.15) is 0 Å². The molecule has 0 spiro atoms.